The molecule has 204 valence electrons. The van der Waals surface area contributed by atoms with Gasteiger partial charge in [-0.2, -0.15) is 13.2 Å². The average Bonchev–Trinajstić information content (AvgIpc) is 3.26. The second kappa shape index (κ2) is 11.0. The molecule has 10 heteroatoms. The number of halogens is 3. The number of hydrogen-bond acceptors (Lipinski definition) is 5. The van der Waals surface area contributed by atoms with Gasteiger partial charge in [-0.3, -0.25) is 15.0 Å². The first-order chi connectivity index (χ1) is 18.2. The third-order valence-corrected chi connectivity index (χ3v) is 7.87. The fourth-order valence-electron chi connectivity index (χ4n) is 5.56. The number of carbonyl (C=O) groups excluding carboxylic acids is 1. The average molecular weight is 530 g/mol. The molecule has 2 aromatic carbocycles. The van der Waals surface area contributed by atoms with E-state index in [1.165, 1.54) is 12.1 Å². The normalized spacial score (nSPS) is 21.6. The Morgan fingerprint density at radius 2 is 1.79 bits per heavy atom. The van der Waals surface area contributed by atoms with Crippen LogP contribution < -0.4 is 5.32 Å². The van der Waals surface area contributed by atoms with E-state index in [0.29, 0.717) is 5.95 Å². The van der Waals surface area contributed by atoms with Gasteiger partial charge in [0.15, 0.2) is 0 Å². The predicted molar refractivity (Wildman–Crippen MR) is 140 cm³/mol. The van der Waals surface area contributed by atoms with E-state index in [0.717, 1.165) is 87.1 Å². The van der Waals surface area contributed by atoms with Crippen molar-refractivity contribution in [1.82, 2.24) is 19.4 Å². The van der Waals surface area contributed by atoms with Crippen molar-refractivity contribution in [3.8, 4) is 0 Å². The number of aromatic nitrogens is 2. The summed E-state index contributed by atoms with van der Waals surface area (Å²) in [5, 5.41) is 12.4. The minimum Gasteiger partial charge on any atom is -0.396 e. The molecule has 2 N–H and O–H groups in total. The Bertz CT molecular complexity index is 1280. The van der Waals surface area contributed by atoms with E-state index in [9.17, 15) is 23.1 Å². The van der Waals surface area contributed by atoms with Gasteiger partial charge in [0.25, 0.3) is 5.91 Å². The summed E-state index contributed by atoms with van der Waals surface area (Å²) >= 11 is 0. The summed E-state index contributed by atoms with van der Waals surface area (Å²) < 4.78 is 41.7. The van der Waals surface area contributed by atoms with E-state index in [-0.39, 0.29) is 24.1 Å². The maximum atomic E-state index is 13.2. The van der Waals surface area contributed by atoms with Gasteiger partial charge >= 0.3 is 6.18 Å². The van der Waals surface area contributed by atoms with Crippen LogP contribution in [-0.2, 0) is 12.7 Å². The maximum absolute atomic E-state index is 13.2. The number of anilines is 1. The summed E-state index contributed by atoms with van der Waals surface area (Å²) in [6.07, 6.45) is -1.15. The first-order valence-electron chi connectivity index (χ1n) is 13.2. The number of aliphatic hydroxyl groups is 1. The zero-order valence-corrected chi connectivity index (χ0v) is 21.5. The Balaban J connectivity index is 1.44. The molecular weight excluding hydrogens is 495 g/mol. The minimum atomic E-state index is -4.53. The second-order valence-corrected chi connectivity index (χ2v) is 10.6. The number of alkyl halides is 3. The van der Waals surface area contributed by atoms with E-state index in [1.54, 1.807) is 0 Å². The number of benzene rings is 2. The van der Waals surface area contributed by atoms with Crippen LogP contribution in [0.5, 0.6) is 0 Å². The van der Waals surface area contributed by atoms with Crippen molar-refractivity contribution < 1.29 is 23.1 Å². The third kappa shape index (κ3) is 5.87. The predicted octanol–water partition coefficient (Wildman–Crippen LogP) is 4.78. The number of hydrogen-bond donors (Lipinski definition) is 2. The summed E-state index contributed by atoms with van der Waals surface area (Å²) in [6.45, 7) is 5.01. The molecule has 5 rings (SSSR count). The molecule has 0 bridgehead atoms. The number of nitrogens with zero attached hydrogens (tertiary/aromatic N) is 4. The molecule has 7 nitrogen and oxygen atoms in total. The van der Waals surface area contributed by atoms with Crippen LogP contribution in [0, 0.1) is 5.92 Å². The lowest BCUT2D eigenvalue weighted by Crippen LogP contribution is -2.43. The highest BCUT2D eigenvalue weighted by molar-refractivity contribution is 6.04. The number of aliphatic hydroxyl groups excluding tert-OH is 1. The first kappa shape index (κ1) is 26.6. The van der Waals surface area contributed by atoms with Crippen molar-refractivity contribution in [1.29, 1.82) is 0 Å². The van der Waals surface area contributed by atoms with Gasteiger partial charge in [0.2, 0.25) is 5.95 Å². The van der Waals surface area contributed by atoms with Gasteiger partial charge in [0, 0.05) is 50.9 Å². The molecular formula is C28H34F3N5O2. The molecule has 38 heavy (non-hydrogen) atoms. The third-order valence-electron chi connectivity index (χ3n) is 7.87. The molecule has 0 atom stereocenters. The van der Waals surface area contributed by atoms with Gasteiger partial charge < -0.3 is 14.6 Å². The van der Waals surface area contributed by atoms with Crippen molar-refractivity contribution in [3.63, 3.8) is 0 Å². The number of fused-ring (bicyclic) bond motifs is 1. The van der Waals surface area contributed by atoms with Crippen molar-refractivity contribution in [3.05, 3.63) is 59.2 Å². The SMILES string of the molecule is CN1CCN(Cc2ccc3c(c2)nc(NC(=O)c2cccc(C(F)(F)F)c2)n3[C@H]2CC[C@@H](CO)CC2)CC1. The molecule has 0 unspecified atom stereocenters. The quantitative estimate of drug-likeness (QED) is 0.481. The summed E-state index contributed by atoms with van der Waals surface area (Å²) in [7, 11) is 2.12. The zero-order valence-electron chi connectivity index (χ0n) is 21.5. The summed E-state index contributed by atoms with van der Waals surface area (Å²) in [5.41, 5.74) is 1.83. The molecule has 1 aliphatic carbocycles. The summed E-state index contributed by atoms with van der Waals surface area (Å²) in [4.78, 5) is 22.6. The van der Waals surface area contributed by atoms with Crippen LogP contribution in [0.2, 0.25) is 0 Å². The Morgan fingerprint density at radius 1 is 1.05 bits per heavy atom. The van der Waals surface area contributed by atoms with E-state index >= 15 is 0 Å². The van der Waals surface area contributed by atoms with Gasteiger partial charge in [-0.15, -0.1) is 0 Å². The Kier molecular flexibility index (Phi) is 7.74. The summed E-state index contributed by atoms with van der Waals surface area (Å²) in [6, 6.07) is 10.7. The van der Waals surface area contributed by atoms with Crippen molar-refractivity contribution in [2.24, 2.45) is 5.92 Å². The maximum Gasteiger partial charge on any atom is 0.416 e. The molecule has 1 saturated carbocycles. The minimum absolute atomic E-state index is 0.0711. The highest BCUT2D eigenvalue weighted by atomic mass is 19.4. The van der Waals surface area contributed by atoms with Crippen LogP contribution >= 0.6 is 0 Å². The van der Waals surface area contributed by atoms with Gasteiger partial charge in [-0.05, 0) is 74.5 Å². The van der Waals surface area contributed by atoms with Gasteiger partial charge in [-0.25, -0.2) is 4.98 Å². The molecule has 2 aliphatic rings. The lowest BCUT2D eigenvalue weighted by molar-refractivity contribution is -0.137. The van der Waals surface area contributed by atoms with E-state index < -0.39 is 17.6 Å². The molecule has 0 spiro atoms. The number of piperazine rings is 1. The van der Waals surface area contributed by atoms with Crippen LogP contribution in [-0.4, -0.2) is 70.2 Å². The molecule has 1 amide bonds. The van der Waals surface area contributed by atoms with Crippen molar-refractivity contribution in [2.45, 2.75) is 44.4 Å². The van der Waals surface area contributed by atoms with Crippen molar-refractivity contribution >= 4 is 22.9 Å². The number of likely N-dealkylation sites (N-methyl/N-ethyl adjacent to an activating group) is 1. The lowest BCUT2D eigenvalue weighted by Gasteiger charge is -2.32. The van der Waals surface area contributed by atoms with Gasteiger partial charge in [-0.1, -0.05) is 12.1 Å². The van der Waals surface area contributed by atoms with E-state index in [4.69, 9.17) is 4.98 Å². The van der Waals surface area contributed by atoms with Crippen molar-refractivity contribution in [2.75, 3.05) is 45.2 Å². The molecule has 1 saturated heterocycles. The number of rotatable bonds is 6. The Hall–Kier alpha value is -2.95. The van der Waals surface area contributed by atoms with Crippen LogP contribution in [0.1, 0.15) is 53.2 Å². The molecule has 3 aromatic rings. The Labute approximate surface area is 220 Å². The fourth-order valence-corrected chi connectivity index (χ4v) is 5.56. The molecule has 2 heterocycles. The topological polar surface area (TPSA) is 73.6 Å². The Morgan fingerprint density at radius 3 is 2.47 bits per heavy atom. The standard InChI is InChI=1S/C28H34F3N5O2/c1-34-11-13-35(14-12-34)17-20-7-10-25-24(15-20)32-27(36(25)23-8-5-19(18-37)6-9-23)33-26(38)21-3-2-4-22(16-21)28(29,30)31/h2-4,7,10,15-16,19,23,37H,5-6,8-9,11-14,17-18H2,1H3,(H,32,33,38)/t19-,23+. The van der Waals surface area contributed by atoms with Crippen LogP contribution in [0.15, 0.2) is 42.5 Å². The second-order valence-electron chi connectivity index (χ2n) is 10.6. The van der Waals surface area contributed by atoms with E-state index in [2.05, 4.69) is 28.2 Å². The molecule has 2 fully saturated rings. The fraction of sp³-hybridized carbons (Fsp3) is 0.500. The van der Waals surface area contributed by atoms with Crippen LogP contribution in [0.25, 0.3) is 11.0 Å². The molecule has 1 aromatic heterocycles. The molecule has 0 radical (unpaired) electrons. The van der Waals surface area contributed by atoms with E-state index in [1.807, 2.05) is 16.7 Å². The number of carbonyl (C=O) groups is 1. The number of nitrogens with one attached hydrogen (secondary N) is 1. The molecule has 1 aliphatic heterocycles. The zero-order chi connectivity index (χ0) is 26.9. The summed E-state index contributed by atoms with van der Waals surface area (Å²) in [5.74, 6) is -0.0275. The monoisotopic (exact) mass is 529 g/mol. The van der Waals surface area contributed by atoms with Gasteiger partial charge in [0.05, 0.1) is 16.6 Å². The first-order valence-corrected chi connectivity index (χ1v) is 13.2. The number of amides is 1. The lowest BCUT2D eigenvalue weighted by atomic mass is 9.86. The van der Waals surface area contributed by atoms with Gasteiger partial charge in [0.1, 0.15) is 0 Å². The largest absolute Gasteiger partial charge is 0.416 e. The number of imidazole rings is 1. The van der Waals surface area contributed by atoms with Crippen LogP contribution in [0.3, 0.4) is 0 Å². The smallest absolute Gasteiger partial charge is 0.396 e. The highest BCUT2D eigenvalue weighted by Crippen LogP contribution is 2.37. The van der Waals surface area contributed by atoms with Crippen LogP contribution in [0.4, 0.5) is 19.1 Å². The highest BCUT2D eigenvalue weighted by Gasteiger charge is 2.31.